The molecular formula is C14H25N. The maximum atomic E-state index is 3.88. The van der Waals surface area contributed by atoms with Gasteiger partial charge >= 0.3 is 0 Å². The molecule has 0 radical (unpaired) electrons. The van der Waals surface area contributed by atoms with Gasteiger partial charge in [-0.3, -0.25) is 0 Å². The molecule has 2 aliphatic carbocycles. The summed E-state index contributed by atoms with van der Waals surface area (Å²) in [5, 5.41) is 3.88. The fourth-order valence-corrected chi connectivity index (χ4v) is 4.38. The van der Waals surface area contributed by atoms with Crippen LogP contribution in [0.2, 0.25) is 0 Å². The quantitative estimate of drug-likeness (QED) is 0.641. The summed E-state index contributed by atoms with van der Waals surface area (Å²) >= 11 is 0. The first-order valence-corrected chi connectivity index (χ1v) is 7.11. The fraction of sp³-hybridized carbons (Fsp3) is 1.00. The maximum absolute atomic E-state index is 3.88. The monoisotopic (exact) mass is 207 g/mol. The van der Waals surface area contributed by atoms with Crippen LogP contribution in [-0.4, -0.2) is 12.6 Å². The van der Waals surface area contributed by atoms with Crippen molar-refractivity contribution >= 4 is 0 Å². The molecule has 0 amide bonds. The van der Waals surface area contributed by atoms with Crippen LogP contribution in [0.25, 0.3) is 0 Å². The molecule has 0 unspecified atom stereocenters. The normalized spacial score (nSPS) is 40.0. The molecule has 0 aromatic rings. The van der Waals surface area contributed by atoms with Crippen molar-refractivity contribution in [3.05, 3.63) is 0 Å². The Balaban J connectivity index is 1.68. The minimum Gasteiger partial charge on any atom is -0.313 e. The first-order chi connectivity index (χ1) is 7.38. The minimum atomic E-state index is 0.733. The highest BCUT2D eigenvalue weighted by Gasteiger charge is 2.41. The topological polar surface area (TPSA) is 12.0 Å². The molecule has 2 atom stereocenters. The van der Waals surface area contributed by atoms with Crippen LogP contribution in [0.5, 0.6) is 0 Å². The van der Waals surface area contributed by atoms with Gasteiger partial charge in [-0.2, -0.15) is 0 Å². The van der Waals surface area contributed by atoms with E-state index in [9.17, 15) is 0 Å². The van der Waals surface area contributed by atoms with E-state index in [1.54, 1.807) is 6.42 Å². The van der Waals surface area contributed by atoms with E-state index in [4.69, 9.17) is 0 Å². The lowest BCUT2D eigenvalue weighted by Crippen LogP contribution is -2.52. The van der Waals surface area contributed by atoms with Crippen LogP contribution in [0.15, 0.2) is 0 Å². The number of fused-ring (bicyclic) bond motifs is 1. The van der Waals surface area contributed by atoms with Gasteiger partial charge in [-0.25, -0.2) is 0 Å². The van der Waals surface area contributed by atoms with Gasteiger partial charge in [0.2, 0.25) is 0 Å². The van der Waals surface area contributed by atoms with E-state index in [-0.39, 0.29) is 0 Å². The second kappa shape index (κ2) is 4.08. The van der Waals surface area contributed by atoms with Crippen molar-refractivity contribution in [3.63, 3.8) is 0 Å². The van der Waals surface area contributed by atoms with Crippen molar-refractivity contribution in [1.82, 2.24) is 5.32 Å². The Kier molecular flexibility index (Phi) is 2.76. The Morgan fingerprint density at radius 1 is 0.867 bits per heavy atom. The molecule has 1 heterocycles. The highest BCUT2D eigenvalue weighted by atomic mass is 15.0. The first-order valence-electron chi connectivity index (χ1n) is 7.11. The molecule has 1 nitrogen and oxygen atoms in total. The summed E-state index contributed by atoms with van der Waals surface area (Å²) in [4.78, 5) is 0. The molecule has 3 rings (SSSR count). The van der Waals surface area contributed by atoms with Gasteiger partial charge in [0.15, 0.2) is 0 Å². The van der Waals surface area contributed by atoms with Crippen LogP contribution in [0.3, 0.4) is 0 Å². The zero-order valence-corrected chi connectivity index (χ0v) is 9.93. The third kappa shape index (κ3) is 1.95. The number of hydrogen-bond acceptors (Lipinski definition) is 1. The SMILES string of the molecule is C1CCC2(CC1)CN[C@H]1CCCC[C@@H]1C2. The smallest absolute Gasteiger partial charge is 0.00957 e. The van der Waals surface area contributed by atoms with Gasteiger partial charge in [0, 0.05) is 12.6 Å². The summed E-state index contributed by atoms with van der Waals surface area (Å²) in [7, 11) is 0. The zero-order chi connectivity index (χ0) is 10.1. The van der Waals surface area contributed by atoms with Crippen molar-refractivity contribution in [2.45, 2.75) is 70.3 Å². The van der Waals surface area contributed by atoms with Crippen LogP contribution in [-0.2, 0) is 0 Å². The average molecular weight is 207 g/mol. The first kappa shape index (κ1) is 10.1. The summed E-state index contributed by atoms with van der Waals surface area (Å²) in [6.45, 7) is 1.34. The van der Waals surface area contributed by atoms with E-state index in [1.807, 2.05) is 0 Å². The Morgan fingerprint density at radius 2 is 1.67 bits per heavy atom. The molecule has 0 aromatic carbocycles. The molecule has 2 saturated carbocycles. The van der Waals surface area contributed by atoms with E-state index < -0.39 is 0 Å². The lowest BCUT2D eigenvalue weighted by Gasteiger charge is -2.49. The average Bonchev–Trinajstić information content (AvgIpc) is 2.30. The van der Waals surface area contributed by atoms with Crippen molar-refractivity contribution in [3.8, 4) is 0 Å². The Hall–Kier alpha value is -0.0400. The fourth-order valence-electron chi connectivity index (χ4n) is 4.38. The summed E-state index contributed by atoms with van der Waals surface area (Å²) in [6, 6.07) is 0.895. The summed E-state index contributed by atoms with van der Waals surface area (Å²) < 4.78 is 0. The van der Waals surface area contributed by atoms with Gasteiger partial charge in [-0.1, -0.05) is 32.1 Å². The predicted molar refractivity (Wildman–Crippen MR) is 63.9 cm³/mol. The van der Waals surface area contributed by atoms with Crippen LogP contribution >= 0.6 is 0 Å². The van der Waals surface area contributed by atoms with Crippen LogP contribution in [0.4, 0.5) is 0 Å². The highest BCUT2D eigenvalue weighted by Crippen LogP contribution is 2.46. The predicted octanol–water partition coefficient (Wildman–Crippen LogP) is 3.49. The van der Waals surface area contributed by atoms with Gasteiger partial charge in [0.25, 0.3) is 0 Å². The van der Waals surface area contributed by atoms with Crippen molar-refractivity contribution in [1.29, 1.82) is 0 Å². The molecule has 1 aliphatic heterocycles. The number of nitrogens with one attached hydrogen (secondary N) is 1. The van der Waals surface area contributed by atoms with E-state index in [0.717, 1.165) is 17.4 Å². The van der Waals surface area contributed by atoms with Gasteiger partial charge < -0.3 is 5.32 Å². The lowest BCUT2D eigenvalue weighted by molar-refractivity contribution is 0.0570. The number of piperidine rings is 1. The number of rotatable bonds is 0. The van der Waals surface area contributed by atoms with Crippen LogP contribution < -0.4 is 5.32 Å². The molecule has 0 aromatic heterocycles. The zero-order valence-electron chi connectivity index (χ0n) is 9.93. The third-order valence-corrected chi connectivity index (χ3v) is 5.26. The van der Waals surface area contributed by atoms with Crippen molar-refractivity contribution in [2.24, 2.45) is 11.3 Å². The van der Waals surface area contributed by atoms with Gasteiger partial charge in [0.05, 0.1) is 0 Å². The minimum absolute atomic E-state index is 0.733. The molecule has 86 valence electrons. The standard InChI is InChI=1S/C14H25N/c1-4-8-14(9-5-1)10-12-6-2-3-7-13(12)15-11-14/h12-13,15H,1-11H2/t12-,13+/m1/s1. The molecule has 1 saturated heterocycles. The molecule has 1 N–H and O–H groups in total. The van der Waals surface area contributed by atoms with Crippen molar-refractivity contribution in [2.75, 3.05) is 6.54 Å². The van der Waals surface area contributed by atoms with Crippen LogP contribution in [0, 0.1) is 11.3 Å². The largest absolute Gasteiger partial charge is 0.313 e. The van der Waals surface area contributed by atoms with E-state index in [0.29, 0.717) is 0 Å². The molecular weight excluding hydrogens is 182 g/mol. The van der Waals surface area contributed by atoms with E-state index in [2.05, 4.69) is 5.32 Å². The van der Waals surface area contributed by atoms with Gasteiger partial charge in [-0.15, -0.1) is 0 Å². The van der Waals surface area contributed by atoms with Gasteiger partial charge in [-0.05, 0) is 43.4 Å². The Morgan fingerprint density at radius 3 is 2.53 bits per heavy atom. The van der Waals surface area contributed by atoms with Crippen molar-refractivity contribution < 1.29 is 0 Å². The summed E-state index contributed by atoms with van der Waals surface area (Å²) in [5.41, 5.74) is 0.733. The second-order valence-corrected chi connectivity index (χ2v) is 6.30. The summed E-state index contributed by atoms with van der Waals surface area (Å²) in [5.74, 6) is 1.03. The maximum Gasteiger partial charge on any atom is 0.00957 e. The Bertz CT molecular complexity index is 217. The molecule has 0 bridgehead atoms. The molecule has 3 aliphatic rings. The number of hydrogen-bond donors (Lipinski definition) is 1. The second-order valence-electron chi connectivity index (χ2n) is 6.30. The summed E-state index contributed by atoms with van der Waals surface area (Å²) in [6.07, 6.45) is 15.0. The Labute approximate surface area is 94.0 Å². The molecule has 15 heavy (non-hydrogen) atoms. The van der Waals surface area contributed by atoms with Crippen LogP contribution in [0.1, 0.15) is 64.2 Å². The van der Waals surface area contributed by atoms with Gasteiger partial charge in [0.1, 0.15) is 0 Å². The van der Waals surface area contributed by atoms with E-state index in [1.165, 1.54) is 64.3 Å². The van der Waals surface area contributed by atoms with E-state index >= 15 is 0 Å². The highest BCUT2D eigenvalue weighted by molar-refractivity contribution is 4.96. The third-order valence-electron chi connectivity index (χ3n) is 5.26. The lowest BCUT2D eigenvalue weighted by atomic mass is 9.63. The molecule has 1 spiro atoms. The molecule has 1 heteroatoms. The molecule has 3 fully saturated rings.